The van der Waals surface area contributed by atoms with Crippen LogP contribution in [0.3, 0.4) is 0 Å². The van der Waals surface area contributed by atoms with Crippen molar-refractivity contribution in [2.24, 2.45) is 16.8 Å². The first-order chi connectivity index (χ1) is 7.90. The Bertz CT molecular complexity index is 312. The van der Waals surface area contributed by atoms with Crippen molar-refractivity contribution in [2.45, 2.75) is 44.4 Å². The summed E-state index contributed by atoms with van der Waals surface area (Å²) in [5, 5.41) is 14.6. The van der Waals surface area contributed by atoms with E-state index in [0.29, 0.717) is 0 Å². The zero-order chi connectivity index (χ0) is 13.1. The van der Waals surface area contributed by atoms with Gasteiger partial charge in [0.05, 0.1) is 10.8 Å². The van der Waals surface area contributed by atoms with Gasteiger partial charge in [0.1, 0.15) is 0 Å². The van der Waals surface area contributed by atoms with Crippen LogP contribution in [-0.2, 0) is 4.79 Å². The van der Waals surface area contributed by atoms with Crippen molar-refractivity contribution in [1.29, 1.82) is 0 Å². The highest BCUT2D eigenvalue weighted by atomic mass is 32.2. The van der Waals surface area contributed by atoms with Gasteiger partial charge < -0.3 is 16.3 Å². The predicted molar refractivity (Wildman–Crippen MR) is 70.3 cm³/mol. The Morgan fingerprint density at radius 2 is 2.24 bits per heavy atom. The summed E-state index contributed by atoms with van der Waals surface area (Å²) < 4.78 is -0.372. The van der Waals surface area contributed by atoms with Crippen molar-refractivity contribution in [3.63, 3.8) is 0 Å². The molecule has 0 saturated carbocycles. The average Bonchev–Trinajstić information content (AvgIpc) is 2.72. The van der Waals surface area contributed by atoms with E-state index in [0.717, 1.165) is 18.6 Å². The van der Waals surface area contributed by atoms with Crippen molar-refractivity contribution in [1.82, 2.24) is 5.32 Å². The van der Waals surface area contributed by atoms with E-state index in [4.69, 9.17) is 10.9 Å². The summed E-state index contributed by atoms with van der Waals surface area (Å²) in [5.74, 6) is 1.13. The van der Waals surface area contributed by atoms with E-state index < -0.39 is 6.04 Å². The van der Waals surface area contributed by atoms with Gasteiger partial charge in [-0.1, -0.05) is 19.0 Å². The zero-order valence-electron chi connectivity index (χ0n) is 10.6. The van der Waals surface area contributed by atoms with E-state index in [2.05, 4.69) is 10.5 Å². The number of rotatable bonds is 4. The summed E-state index contributed by atoms with van der Waals surface area (Å²) in [5.41, 5.74) is 5.59. The minimum absolute atomic E-state index is 0.0229. The van der Waals surface area contributed by atoms with Gasteiger partial charge in [0.15, 0.2) is 5.84 Å². The highest BCUT2D eigenvalue weighted by Crippen LogP contribution is 2.37. The van der Waals surface area contributed by atoms with Crippen molar-refractivity contribution in [3.8, 4) is 0 Å². The first-order valence-corrected chi connectivity index (χ1v) is 6.81. The van der Waals surface area contributed by atoms with E-state index in [9.17, 15) is 4.79 Å². The van der Waals surface area contributed by atoms with Gasteiger partial charge in [-0.3, -0.25) is 4.79 Å². The van der Waals surface area contributed by atoms with Gasteiger partial charge >= 0.3 is 0 Å². The molecular weight excluding hydrogens is 238 g/mol. The van der Waals surface area contributed by atoms with E-state index in [1.807, 2.05) is 20.8 Å². The van der Waals surface area contributed by atoms with Gasteiger partial charge in [-0.05, 0) is 31.4 Å². The number of thioether (sulfide) groups is 1. The quantitative estimate of drug-likeness (QED) is 0.306. The molecule has 0 aromatic rings. The van der Waals surface area contributed by atoms with Crippen LogP contribution in [0.1, 0.15) is 33.6 Å². The number of nitrogens with zero attached hydrogens (tertiary/aromatic N) is 1. The Balaban J connectivity index is 2.71. The van der Waals surface area contributed by atoms with Crippen LogP contribution < -0.4 is 11.1 Å². The second-order valence-electron chi connectivity index (χ2n) is 4.90. The number of nitrogens with two attached hydrogens (primary N) is 1. The smallest absolute Gasteiger partial charge is 0.236 e. The molecule has 6 heteroatoms. The molecule has 1 amide bonds. The molecule has 0 aliphatic carbocycles. The maximum absolute atomic E-state index is 12.2. The Morgan fingerprint density at radius 3 is 2.65 bits per heavy atom. The molecule has 0 aromatic carbocycles. The maximum atomic E-state index is 12.2. The molecule has 2 atom stereocenters. The number of amides is 1. The Morgan fingerprint density at radius 1 is 1.59 bits per heavy atom. The van der Waals surface area contributed by atoms with Gasteiger partial charge in [-0.15, -0.1) is 11.8 Å². The summed E-state index contributed by atoms with van der Waals surface area (Å²) in [7, 11) is 0. The molecule has 1 aliphatic heterocycles. The number of nitrogens with one attached hydrogen (secondary N) is 1. The lowest BCUT2D eigenvalue weighted by Gasteiger charge is -2.27. The zero-order valence-corrected chi connectivity index (χ0v) is 11.4. The van der Waals surface area contributed by atoms with Crippen LogP contribution in [0.15, 0.2) is 5.16 Å². The van der Waals surface area contributed by atoms with Crippen LogP contribution in [-0.4, -0.2) is 33.5 Å². The number of amidine groups is 1. The van der Waals surface area contributed by atoms with Crippen LogP contribution in [0.2, 0.25) is 0 Å². The molecule has 4 N–H and O–H groups in total. The summed E-state index contributed by atoms with van der Waals surface area (Å²) >= 11 is 1.67. The van der Waals surface area contributed by atoms with Crippen LogP contribution in [0.25, 0.3) is 0 Å². The van der Waals surface area contributed by atoms with Gasteiger partial charge in [-0.2, -0.15) is 0 Å². The minimum atomic E-state index is -0.412. The normalized spacial score (nSPS) is 27.2. The lowest BCUT2D eigenvalue weighted by atomic mass is 10.00. The van der Waals surface area contributed by atoms with E-state index in [-0.39, 0.29) is 22.4 Å². The van der Waals surface area contributed by atoms with Crippen molar-refractivity contribution in [3.05, 3.63) is 0 Å². The second-order valence-corrected chi connectivity index (χ2v) is 6.50. The highest BCUT2D eigenvalue weighted by Gasteiger charge is 2.38. The number of hydrogen-bond acceptors (Lipinski definition) is 4. The molecule has 1 rings (SSSR count). The van der Waals surface area contributed by atoms with Crippen molar-refractivity contribution < 1.29 is 10.0 Å². The number of hydrogen-bond donors (Lipinski definition) is 3. The Hall–Kier alpha value is -0.910. The molecule has 5 nitrogen and oxygen atoms in total. The van der Waals surface area contributed by atoms with Gasteiger partial charge in [-0.25, -0.2) is 0 Å². The predicted octanol–water partition coefficient (Wildman–Crippen LogP) is 1.16. The molecule has 2 unspecified atom stereocenters. The largest absolute Gasteiger partial charge is 0.409 e. The molecule has 98 valence electrons. The fraction of sp³-hybridized carbons (Fsp3) is 0.818. The molecular formula is C11H21N3O2S. The van der Waals surface area contributed by atoms with Crippen molar-refractivity contribution >= 4 is 23.5 Å². The summed E-state index contributed by atoms with van der Waals surface area (Å²) in [6.07, 6.45) is 1.94. The number of carbonyl (C=O) groups is 1. The van der Waals surface area contributed by atoms with E-state index >= 15 is 0 Å². The van der Waals surface area contributed by atoms with E-state index in [1.165, 1.54) is 0 Å². The second kappa shape index (κ2) is 5.62. The minimum Gasteiger partial charge on any atom is -0.409 e. The number of oxime groups is 1. The molecule has 0 radical (unpaired) electrons. The van der Waals surface area contributed by atoms with Gasteiger partial charge in [0.2, 0.25) is 5.91 Å². The third-order valence-corrected chi connectivity index (χ3v) is 4.61. The third kappa shape index (κ3) is 3.28. The SMILES string of the molecule is CC(C)C(NC(=O)C1(C)CCCS1)C(N)=NO. The Labute approximate surface area is 106 Å². The molecule has 1 saturated heterocycles. The fourth-order valence-electron chi connectivity index (χ4n) is 1.90. The summed E-state index contributed by atoms with van der Waals surface area (Å²) in [6, 6.07) is -0.412. The molecule has 1 fully saturated rings. The molecule has 0 bridgehead atoms. The van der Waals surface area contributed by atoms with Crippen LogP contribution in [0.5, 0.6) is 0 Å². The monoisotopic (exact) mass is 259 g/mol. The third-order valence-electron chi connectivity index (χ3n) is 3.09. The summed E-state index contributed by atoms with van der Waals surface area (Å²) in [6.45, 7) is 5.80. The molecule has 1 heterocycles. The standard InChI is InChI=1S/C11H21N3O2S/c1-7(2)8(9(12)14-16)13-10(15)11(3)5-4-6-17-11/h7-8,16H,4-6H2,1-3H3,(H2,12,14)(H,13,15). The number of carbonyl (C=O) groups excluding carboxylic acids is 1. The van der Waals surface area contributed by atoms with Gasteiger partial charge in [0.25, 0.3) is 0 Å². The van der Waals surface area contributed by atoms with Crippen LogP contribution in [0.4, 0.5) is 0 Å². The summed E-state index contributed by atoms with van der Waals surface area (Å²) in [4.78, 5) is 12.2. The van der Waals surface area contributed by atoms with Crippen molar-refractivity contribution in [2.75, 3.05) is 5.75 Å². The molecule has 17 heavy (non-hydrogen) atoms. The lowest BCUT2D eigenvalue weighted by Crippen LogP contribution is -2.52. The highest BCUT2D eigenvalue weighted by molar-refractivity contribution is 8.01. The first-order valence-electron chi connectivity index (χ1n) is 5.83. The fourth-order valence-corrected chi connectivity index (χ4v) is 3.11. The average molecular weight is 259 g/mol. The molecule has 0 spiro atoms. The van der Waals surface area contributed by atoms with E-state index in [1.54, 1.807) is 11.8 Å². The first kappa shape index (κ1) is 14.2. The molecule has 0 aromatic heterocycles. The van der Waals surface area contributed by atoms with Crippen LogP contribution >= 0.6 is 11.8 Å². The Kier molecular flexibility index (Phi) is 4.68. The topological polar surface area (TPSA) is 87.7 Å². The van der Waals surface area contributed by atoms with Crippen LogP contribution in [0, 0.1) is 5.92 Å². The molecule has 1 aliphatic rings. The lowest BCUT2D eigenvalue weighted by molar-refractivity contribution is -0.123. The maximum Gasteiger partial charge on any atom is 0.236 e. The van der Waals surface area contributed by atoms with Gasteiger partial charge in [0, 0.05) is 0 Å².